The summed E-state index contributed by atoms with van der Waals surface area (Å²) in [5.74, 6) is -0.973. The standard InChI is InChI=1S/C12H13N3O3/c16-12(17)9-2-1-3-10-11(9)13-14-15(10)8-4-6-18-7-5-8/h1-3,8H,4-7H2,(H,16,17). The summed E-state index contributed by atoms with van der Waals surface area (Å²) in [5.41, 5.74) is 1.43. The third kappa shape index (κ3) is 1.74. The smallest absolute Gasteiger partial charge is 0.338 e. The lowest BCUT2D eigenvalue weighted by molar-refractivity contribution is 0.0669. The van der Waals surface area contributed by atoms with Gasteiger partial charge >= 0.3 is 5.97 Å². The first-order chi connectivity index (χ1) is 8.77. The second-order valence-corrected chi connectivity index (χ2v) is 4.36. The van der Waals surface area contributed by atoms with E-state index in [0.29, 0.717) is 18.7 Å². The molecule has 1 aromatic heterocycles. The number of carboxylic acids is 1. The van der Waals surface area contributed by atoms with E-state index < -0.39 is 5.97 Å². The van der Waals surface area contributed by atoms with Crippen molar-refractivity contribution in [3.8, 4) is 0 Å². The van der Waals surface area contributed by atoms with Crippen molar-refractivity contribution in [1.29, 1.82) is 0 Å². The Labute approximate surface area is 103 Å². The molecule has 0 amide bonds. The van der Waals surface area contributed by atoms with Crippen LogP contribution >= 0.6 is 0 Å². The van der Waals surface area contributed by atoms with Crippen molar-refractivity contribution >= 4 is 17.0 Å². The van der Waals surface area contributed by atoms with E-state index in [9.17, 15) is 4.79 Å². The summed E-state index contributed by atoms with van der Waals surface area (Å²) in [6.07, 6.45) is 1.77. The van der Waals surface area contributed by atoms with Crippen LogP contribution in [0.5, 0.6) is 0 Å². The molecule has 18 heavy (non-hydrogen) atoms. The van der Waals surface area contributed by atoms with E-state index in [-0.39, 0.29) is 11.6 Å². The summed E-state index contributed by atoms with van der Waals surface area (Å²) in [6, 6.07) is 5.38. The molecule has 2 aromatic rings. The van der Waals surface area contributed by atoms with Crippen LogP contribution in [0.4, 0.5) is 0 Å². The highest BCUT2D eigenvalue weighted by atomic mass is 16.5. The van der Waals surface area contributed by atoms with Gasteiger partial charge in [0.25, 0.3) is 0 Å². The molecule has 0 saturated carbocycles. The Balaban J connectivity index is 2.08. The molecule has 1 aliphatic rings. The van der Waals surface area contributed by atoms with Crippen LogP contribution in [0.2, 0.25) is 0 Å². The summed E-state index contributed by atoms with van der Waals surface area (Å²) in [5, 5.41) is 17.2. The molecule has 0 radical (unpaired) electrons. The maximum atomic E-state index is 11.1. The van der Waals surface area contributed by atoms with Crippen LogP contribution < -0.4 is 0 Å². The lowest BCUT2D eigenvalue weighted by Crippen LogP contribution is -2.20. The van der Waals surface area contributed by atoms with Crippen LogP contribution in [-0.2, 0) is 4.74 Å². The summed E-state index contributed by atoms with van der Waals surface area (Å²) in [6.45, 7) is 1.43. The molecule has 0 bridgehead atoms. The molecule has 1 aromatic carbocycles. The van der Waals surface area contributed by atoms with E-state index in [1.165, 1.54) is 0 Å². The maximum absolute atomic E-state index is 11.1. The average Bonchev–Trinajstić information content (AvgIpc) is 2.83. The van der Waals surface area contributed by atoms with E-state index in [2.05, 4.69) is 10.3 Å². The van der Waals surface area contributed by atoms with Crippen molar-refractivity contribution in [2.75, 3.05) is 13.2 Å². The van der Waals surface area contributed by atoms with Gasteiger partial charge in [0.2, 0.25) is 0 Å². The maximum Gasteiger partial charge on any atom is 0.338 e. The summed E-state index contributed by atoms with van der Waals surface area (Å²) < 4.78 is 7.14. The topological polar surface area (TPSA) is 77.2 Å². The summed E-state index contributed by atoms with van der Waals surface area (Å²) in [4.78, 5) is 11.1. The van der Waals surface area contributed by atoms with Crippen LogP contribution in [-0.4, -0.2) is 39.3 Å². The lowest BCUT2D eigenvalue weighted by atomic mass is 10.1. The first-order valence-corrected chi connectivity index (χ1v) is 5.92. The number of benzene rings is 1. The number of carboxylic acid groups (broad SMARTS) is 1. The number of aromatic nitrogens is 3. The Morgan fingerprint density at radius 2 is 2.17 bits per heavy atom. The van der Waals surface area contributed by atoms with Crippen LogP contribution in [0.25, 0.3) is 11.0 Å². The third-order valence-corrected chi connectivity index (χ3v) is 3.27. The normalized spacial score (nSPS) is 17.1. The molecule has 6 nitrogen and oxygen atoms in total. The van der Waals surface area contributed by atoms with E-state index in [1.807, 2.05) is 10.7 Å². The number of ether oxygens (including phenoxy) is 1. The number of fused-ring (bicyclic) bond motifs is 1. The van der Waals surface area contributed by atoms with Crippen molar-refractivity contribution in [2.45, 2.75) is 18.9 Å². The molecule has 1 fully saturated rings. The van der Waals surface area contributed by atoms with Gasteiger partial charge < -0.3 is 9.84 Å². The molecular formula is C12H13N3O3. The number of hydrogen-bond acceptors (Lipinski definition) is 4. The van der Waals surface area contributed by atoms with Crippen molar-refractivity contribution in [3.05, 3.63) is 23.8 Å². The first kappa shape index (κ1) is 11.2. The van der Waals surface area contributed by atoms with E-state index in [0.717, 1.165) is 18.4 Å². The summed E-state index contributed by atoms with van der Waals surface area (Å²) >= 11 is 0. The Hall–Kier alpha value is -1.95. The van der Waals surface area contributed by atoms with Gasteiger partial charge in [0.15, 0.2) is 0 Å². The minimum Gasteiger partial charge on any atom is -0.478 e. The molecule has 1 aliphatic heterocycles. The number of nitrogens with zero attached hydrogens (tertiary/aromatic N) is 3. The van der Waals surface area contributed by atoms with Gasteiger partial charge in [-0.15, -0.1) is 5.10 Å². The molecule has 0 unspecified atom stereocenters. The van der Waals surface area contributed by atoms with Crippen molar-refractivity contribution in [2.24, 2.45) is 0 Å². The zero-order chi connectivity index (χ0) is 12.5. The predicted molar refractivity (Wildman–Crippen MR) is 63.6 cm³/mol. The number of hydrogen-bond donors (Lipinski definition) is 1. The van der Waals surface area contributed by atoms with Gasteiger partial charge in [-0.1, -0.05) is 11.3 Å². The predicted octanol–water partition coefficient (Wildman–Crippen LogP) is 1.48. The second kappa shape index (κ2) is 4.38. The molecule has 2 heterocycles. The summed E-state index contributed by atoms with van der Waals surface area (Å²) in [7, 11) is 0. The van der Waals surface area contributed by atoms with Gasteiger partial charge in [0, 0.05) is 13.2 Å². The minimum absolute atomic E-state index is 0.200. The monoisotopic (exact) mass is 247 g/mol. The molecule has 0 spiro atoms. The van der Waals surface area contributed by atoms with E-state index in [4.69, 9.17) is 9.84 Å². The fraction of sp³-hybridized carbons (Fsp3) is 0.417. The zero-order valence-corrected chi connectivity index (χ0v) is 9.74. The van der Waals surface area contributed by atoms with Crippen molar-refractivity contribution in [3.63, 3.8) is 0 Å². The molecule has 1 saturated heterocycles. The van der Waals surface area contributed by atoms with Gasteiger partial charge in [0.05, 0.1) is 17.1 Å². The van der Waals surface area contributed by atoms with Gasteiger partial charge in [-0.3, -0.25) is 0 Å². The number of carbonyl (C=O) groups is 1. The fourth-order valence-corrected chi connectivity index (χ4v) is 2.33. The largest absolute Gasteiger partial charge is 0.478 e. The third-order valence-electron chi connectivity index (χ3n) is 3.27. The lowest BCUT2D eigenvalue weighted by Gasteiger charge is -2.22. The van der Waals surface area contributed by atoms with Crippen LogP contribution in [0.1, 0.15) is 29.2 Å². The number of aromatic carboxylic acids is 1. The molecular weight excluding hydrogens is 234 g/mol. The van der Waals surface area contributed by atoms with Crippen LogP contribution in [0.15, 0.2) is 18.2 Å². The van der Waals surface area contributed by atoms with Gasteiger partial charge in [-0.2, -0.15) is 0 Å². The van der Waals surface area contributed by atoms with Gasteiger partial charge in [-0.05, 0) is 25.0 Å². The molecule has 0 atom stereocenters. The molecule has 6 heteroatoms. The van der Waals surface area contributed by atoms with E-state index in [1.54, 1.807) is 12.1 Å². The first-order valence-electron chi connectivity index (χ1n) is 5.92. The number of rotatable bonds is 2. The quantitative estimate of drug-likeness (QED) is 0.869. The van der Waals surface area contributed by atoms with Gasteiger partial charge in [-0.25, -0.2) is 9.48 Å². The molecule has 3 rings (SSSR count). The minimum atomic E-state index is -0.973. The SMILES string of the molecule is O=C(O)c1cccc2c1nnn2C1CCOCC1. The van der Waals surface area contributed by atoms with Crippen LogP contribution in [0, 0.1) is 0 Å². The fourth-order valence-electron chi connectivity index (χ4n) is 2.33. The average molecular weight is 247 g/mol. The molecule has 1 N–H and O–H groups in total. The van der Waals surface area contributed by atoms with Gasteiger partial charge in [0.1, 0.15) is 5.52 Å². The van der Waals surface area contributed by atoms with Crippen molar-refractivity contribution in [1.82, 2.24) is 15.0 Å². The highest BCUT2D eigenvalue weighted by Crippen LogP contribution is 2.25. The highest BCUT2D eigenvalue weighted by Gasteiger charge is 2.21. The molecule has 94 valence electrons. The Morgan fingerprint density at radius 1 is 1.39 bits per heavy atom. The Bertz CT molecular complexity index is 587. The molecule has 0 aliphatic carbocycles. The second-order valence-electron chi connectivity index (χ2n) is 4.36. The zero-order valence-electron chi connectivity index (χ0n) is 9.74. The highest BCUT2D eigenvalue weighted by molar-refractivity contribution is 6.00. The van der Waals surface area contributed by atoms with Crippen LogP contribution in [0.3, 0.4) is 0 Å². The van der Waals surface area contributed by atoms with Crippen molar-refractivity contribution < 1.29 is 14.6 Å². The Kier molecular flexibility index (Phi) is 2.71. The Morgan fingerprint density at radius 3 is 2.89 bits per heavy atom. The van der Waals surface area contributed by atoms with E-state index >= 15 is 0 Å².